The molecule has 7 heteroatoms. The summed E-state index contributed by atoms with van der Waals surface area (Å²) in [6.45, 7) is 1.90. The van der Waals surface area contributed by atoms with Gasteiger partial charge in [-0.2, -0.15) is 13.2 Å². The first-order valence-corrected chi connectivity index (χ1v) is 7.20. The van der Waals surface area contributed by atoms with E-state index in [0.29, 0.717) is 19.0 Å². The molecule has 0 unspecified atom stereocenters. The minimum Gasteiger partial charge on any atom is -0.355 e. The van der Waals surface area contributed by atoms with E-state index in [1.165, 1.54) is 12.1 Å². The molecule has 0 atom stereocenters. The third-order valence-corrected chi connectivity index (χ3v) is 3.29. The van der Waals surface area contributed by atoms with E-state index < -0.39 is 11.7 Å². The molecule has 0 amide bonds. The molecule has 0 aliphatic heterocycles. The Morgan fingerprint density at radius 3 is 2.30 bits per heavy atom. The van der Waals surface area contributed by atoms with E-state index in [2.05, 4.69) is 15.6 Å². The Hall–Kier alpha value is -2.44. The van der Waals surface area contributed by atoms with Crippen molar-refractivity contribution in [1.82, 2.24) is 15.2 Å². The second-order valence-electron chi connectivity index (χ2n) is 4.97. The summed E-state index contributed by atoms with van der Waals surface area (Å²) in [4.78, 5) is 4.08. The number of alkyl halides is 3. The van der Waals surface area contributed by atoms with E-state index in [4.69, 9.17) is 0 Å². The molecule has 0 radical (unpaired) electrons. The molecular weight excluding hydrogens is 305 g/mol. The van der Waals surface area contributed by atoms with Gasteiger partial charge >= 0.3 is 6.18 Å². The van der Waals surface area contributed by atoms with Crippen molar-refractivity contribution in [2.45, 2.75) is 19.3 Å². The summed E-state index contributed by atoms with van der Waals surface area (Å²) < 4.78 is 39.5. The Morgan fingerprint density at radius 1 is 1.09 bits per heavy atom. The minimum atomic E-state index is -4.30. The van der Waals surface area contributed by atoms with Gasteiger partial charge in [0.05, 0.1) is 5.56 Å². The minimum absolute atomic E-state index is 0.404. The molecule has 0 saturated heterocycles. The lowest BCUT2D eigenvalue weighted by Gasteiger charge is -2.13. The normalized spacial score (nSPS) is 12.3. The van der Waals surface area contributed by atoms with E-state index in [-0.39, 0.29) is 0 Å². The standard InChI is InChI=1S/C16H19F3N4/c1-20-15(21-8-11-23-9-2-3-10-23)22-12-13-4-6-14(7-5-13)16(17,18)19/h2-7,9-10H,8,11-12H2,1H3,(H2,20,21,22). The second-order valence-corrected chi connectivity index (χ2v) is 4.97. The molecule has 0 spiro atoms. The maximum atomic E-state index is 12.5. The molecule has 0 saturated carbocycles. The summed E-state index contributed by atoms with van der Waals surface area (Å²) in [7, 11) is 1.65. The SMILES string of the molecule is CN=C(NCCn1cccc1)NCc1ccc(C(F)(F)F)cc1. The maximum absolute atomic E-state index is 12.5. The molecule has 0 fully saturated rings. The van der Waals surface area contributed by atoms with Crippen LogP contribution < -0.4 is 10.6 Å². The van der Waals surface area contributed by atoms with Crippen LogP contribution in [-0.2, 0) is 19.3 Å². The zero-order valence-corrected chi connectivity index (χ0v) is 12.8. The number of nitrogens with zero attached hydrogens (tertiary/aromatic N) is 2. The van der Waals surface area contributed by atoms with Crippen molar-refractivity contribution >= 4 is 5.96 Å². The first-order valence-electron chi connectivity index (χ1n) is 7.20. The van der Waals surface area contributed by atoms with Crippen LogP contribution in [0.25, 0.3) is 0 Å². The third kappa shape index (κ3) is 5.36. The molecule has 23 heavy (non-hydrogen) atoms. The van der Waals surface area contributed by atoms with Gasteiger partial charge in [-0.15, -0.1) is 0 Å². The summed E-state index contributed by atoms with van der Waals surface area (Å²) in [6.07, 6.45) is -0.359. The van der Waals surface area contributed by atoms with Crippen LogP contribution in [0, 0.1) is 0 Å². The third-order valence-electron chi connectivity index (χ3n) is 3.29. The first kappa shape index (κ1) is 16.9. The van der Waals surface area contributed by atoms with Gasteiger partial charge in [0.25, 0.3) is 0 Å². The monoisotopic (exact) mass is 324 g/mol. The second kappa shape index (κ2) is 7.71. The largest absolute Gasteiger partial charge is 0.416 e. The van der Waals surface area contributed by atoms with Crippen LogP contribution in [0.1, 0.15) is 11.1 Å². The molecule has 2 N–H and O–H groups in total. The van der Waals surface area contributed by atoms with Gasteiger partial charge in [-0.25, -0.2) is 0 Å². The topological polar surface area (TPSA) is 41.4 Å². The number of halogens is 3. The van der Waals surface area contributed by atoms with Crippen molar-refractivity contribution in [2.24, 2.45) is 4.99 Å². The average molecular weight is 324 g/mol. The Morgan fingerprint density at radius 2 is 1.74 bits per heavy atom. The van der Waals surface area contributed by atoms with Crippen molar-refractivity contribution in [3.8, 4) is 0 Å². The van der Waals surface area contributed by atoms with Crippen molar-refractivity contribution in [2.75, 3.05) is 13.6 Å². The van der Waals surface area contributed by atoms with Crippen molar-refractivity contribution in [3.05, 3.63) is 59.9 Å². The van der Waals surface area contributed by atoms with Gasteiger partial charge < -0.3 is 15.2 Å². The lowest BCUT2D eigenvalue weighted by atomic mass is 10.1. The highest BCUT2D eigenvalue weighted by Gasteiger charge is 2.29. The molecular formula is C16H19F3N4. The van der Waals surface area contributed by atoms with Crippen LogP contribution in [0.2, 0.25) is 0 Å². The molecule has 124 valence electrons. The zero-order valence-electron chi connectivity index (χ0n) is 12.8. The molecule has 2 rings (SSSR count). The van der Waals surface area contributed by atoms with Gasteiger partial charge in [0.2, 0.25) is 0 Å². The maximum Gasteiger partial charge on any atom is 0.416 e. The number of aliphatic imine (C=N–C) groups is 1. The van der Waals surface area contributed by atoms with Crippen LogP contribution in [0.15, 0.2) is 53.8 Å². The fourth-order valence-corrected chi connectivity index (χ4v) is 2.04. The highest BCUT2D eigenvalue weighted by atomic mass is 19.4. The van der Waals surface area contributed by atoms with Crippen molar-refractivity contribution in [3.63, 3.8) is 0 Å². The summed E-state index contributed by atoms with van der Waals surface area (Å²) in [6, 6.07) is 9.00. The number of hydrogen-bond donors (Lipinski definition) is 2. The van der Waals surface area contributed by atoms with Gasteiger partial charge in [0.15, 0.2) is 5.96 Å². The van der Waals surface area contributed by atoms with Crippen molar-refractivity contribution < 1.29 is 13.2 Å². The van der Waals surface area contributed by atoms with E-state index in [9.17, 15) is 13.2 Å². The fourth-order valence-electron chi connectivity index (χ4n) is 2.04. The van der Waals surface area contributed by atoms with E-state index in [1.54, 1.807) is 7.05 Å². The Labute approximate surface area is 133 Å². The number of aromatic nitrogens is 1. The lowest BCUT2D eigenvalue weighted by molar-refractivity contribution is -0.137. The number of hydrogen-bond acceptors (Lipinski definition) is 1. The van der Waals surface area contributed by atoms with Crippen LogP contribution in [0.4, 0.5) is 13.2 Å². The van der Waals surface area contributed by atoms with E-state index in [1.807, 2.05) is 29.1 Å². The molecule has 4 nitrogen and oxygen atoms in total. The van der Waals surface area contributed by atoms with E-state index in [0.717, 1.165) is 24.2 Å². The lowest BCUT2D eigenvalue weighted by Crippen LogP contribution is -2.38. The fraction of sp³-hybridized carbons (Fsp3) is 0.312. The van der Waals surface area contributed by atoms with E-state index >= 15 is 0 Å². The summed E-state index contributed by atoms with van der Waals surface area (Å²) in [5.41, 5.74) is 0.113. The summed E-state index contributed by atoms with van der Waals surface area (Å²) in [5.74, 6) is 0.608. The molecule has 2 aromatic rings. The molecule has 1 heterocycles. The van der Waals surface area contributed by atoms with Gasteiger partial charge in [-0.05, 0) is 29.8 Å². The Kier molecular flexibility index (Phi) is 5.67. The average Bonchev–Trinajstić information content (AvgIpc) is 3.03. The number of rotatable bonds is 5. The Balaban J connectivity index is 1.78. The van der Waals surface area contributed by atoms with Gasteiger partial charge in [-0.1, -0.05) is 12.1 Å². The molecule has 0 aliphatic rings. The quantitative estimate of drug-likeness (QED) is 0.656. The number of guanidine groups is 1. The van der Waals surface area contributed by atoms with Crippen molar-refractivity contribution in [1.29, 1.82) is 0 Å². The van der Waals surface area contributed by atoms with Gasteiger partial charge in [0, 0.05) is 39.1 Å². The molecule has 0 bridgehead atoms. The first-order chi connectivity index (χ1) is 11.0. The summed E-state index contributed by atoms with van der Waals surface area (Å²) in [5, 5.41) is 6.22. The van der Waals surface area contributed by atoms with Crippen LogP contribution in [-0.4, -0.2) is 24.1 Å². The summed E-state index contributed by atoms with van der Waals surface area (Å²) >= 11 is 0. The molecule has 0 aliphatic carbocycles. The van der Waals surface area contributed by atoms with Gasteiger partial charge in [0.1, 0.15) is 0 Å². The number of benzene rings is 1. The Bertz CT molecular complexity index is 616. The smallest absolute Gasteiger partial charge is 0.355 e. The van der Waals surface area contributed by atoms with Crippen LogP contribution >= 0.6 is 0 Å². The van der Waals surface area contributed by atoms with Crippen LogP contribution in [0.5, 0.6) is 0 Å². The number of nitrogens with one attached hydrogen (secondary N) is 2. The highest BCUT2D eigenvalue weighted by Crippen LogP contribution is 2.28. The van der Waals surface area contributed by atoms with Crippen LogP contribution in [0.3, 0.4) is 0 Å². The van der Waals surface area contributed by atoms with Gasteiger partial charge in [-0.3, -0.25) is 4.99 Å². The highest BCUT2D eigenvalue weighted by molar-refractivity contribution is 5.79. The predicted octanol–water partition coefficient (Wildman–Crippen LogP) is 2.87. The molecule has 1 aromatic carbocycles. The predicted molar refractivity (Wildman–Crippen MR) is 84.1 cm³/mol. The zero-order chi connectivity index (χ0) is 16.7. The molecule has 1 aromatic heterocycles.